The van der Waals surface area contributed by atoms with Crippen LogP contribution in [0.5, 0.6) is 0 Å². The van der Waals surface area contributed by atoms with Gasteiger partial charge in [-0.25, -0.2) is 0 Å². The second-order valence-electron chi connectivity index (χ2n) is 6.24. The van der Waals surface area contributed by atoms with Gasteiger partial charge in [-0.2, -0.15) is 4.52 Å². The maximum Gasteiger partial charge on any atom is 0.177 e. The lowest BCUT2D eigenvalue weighted by Crippen LogP contribution is -2.36. The molecule has 1 atom stereocenters. The topological polar surface area (TPSA) is 55.5 Å². The standard InChI is InChI=1S/C14H21N5O/c1-14(2,3)20-9-11-5-4-8-18(11)13-7-6-12-16-15-10-19(12)17-13/h6-7,10-11H,4-5,8-9H2,1-3H3/t11-/m1/s1. The Hall–Kier alpha value is -1.69. The molecular formula is C14H21N5O. The van der Waals surface area contributed by atoms with Gasteiger partial charge < -0.3 is 9.64 Å². The quantitative estimate of drug-likeness (QED) is 0.856. The lowest BCUT2D eigenvalue weighted by molar-refractivity contribution is -0.00941. The number of ether oxygens (including phenoxy) is 1. The lowest BCUT2D eigenvalue weighted by atomic mass is 10.2. The first-order valence-electron chi connectivity index (χ1n) is 7.11. The first-order valence-corrected chi connectivity index (χ1v) is 7.11. The fourth-order valence-corrected chi connectivity index (χ4v) is 2.53. The van der Waals surface area contributed by atoms with Crippen LogP contribution in [0.4, 0.5) is 5.82 Å². The molecule has 1 saturated heterocycles. The molecule has 0 saturated carbocycles. The molecule has 0 aliphatic carbocycles. The Bertz CT molecular complexity index is 589. The lowest BCUT2D eigenvalue weighted by Gasteiger charge is -2.28. The van der Waals surface area contributed by atoms with E-state index in [1.54, 1.807) is 10.8 Å². The summed E-state index contributed by atoms with van der Waals surface area (Å²) in [7, 11) is 0. The predicted molar refractivity (Wildman–Crippen MR) is 76.9 cm³/mol. The third kappa shape index (κ3) is 2.75. The molecule has 0 bridgehead atoms. The summed E-state index contributed by atoms with van der Waals surface area (Å²) in [5.41, 5.74) is 0.676. The van der Waals surface area contributed by atoms with Crippen LogP contribution in [0.3, 0.4) is 0 Å². The number of rotatable bonds is 3. The van der Waals surface area contributed by atoms with Gasteiger partial charge >= 0.3 is 0 Å². The van der Waals surface area contributed by atoms with E-state index >= 15 is 0 Å². The van der Waals surface area contributed by atoms with Gasteiger partial charge in [0.25, 0.3) is 0 Å². The molecule has 0 unspecified atom stereocenters. The normalized spacial score (nSPS) is 19.9. The molecule has 2 aromatic heterocycles. The van der Waals surface area contributed by atoms with Gasteiger partial charge in [-0.1, -0.05) is 0 Å². The smallest absolute Gasteiger partial charge is 0.177 e. The minimum absolute atomic E-state index is 0.0973. The number of hydrogen-bond donors (Lipinski definition) is 0. The van der Waals surface area contributed by atoms with E-state index in [9.17, 15) is 0 Å². The average Bonchev–Trinajstić information content (AvgIpc) is 3.03. The van der Waals surface area contributed by atoms with E-state index in [1.807, 2.05) is 12.1 Å². The van der Waals surface area contributed by atoms with Crippen LogP contribution in [-0.4, -0.2) is 44.6 Å². The fourth-order valence-electron chi connectivity index (χ4n) is 2.53. The van der Waals surface area contributed by atoms with Crippen molar-refractivity contribution in [3.8, 4) is 0 Å². The minimum Gasteiger partial charge on any atom is -0.374 e. The molecule has 0 amide bonds. The number of anilines is 1. The summed E-state index contributed by atoms with van der Waals surface area (Å²) in [5, 5.41) is 12.4. The molecule has 3 heterocycles. The molecule has 1 aliphatic heterocycles. The zero-order valence-electron chi connectivity index (χ0n) is 12.3. The molecule has 1 fully saturated rings. The van der Waals surface area contributed by atoms with Crippen LogP contribution in [0, 0.1) is 0 Å². The molecule has 20 heavy (non-hydrogen) atoms. The number of nitrogens with zero attached hydrogens (tertiary/aromatic N) is 5. The molecule has 0 N–H and O–H groups in total. The van der Waals surface area contributed by atoms with Gasteiger partial charge in [-0.3, -0.25) is 0 Å². The zero-order chi connectivity index (χ0) is 14.2. The first-order chi connectivity index (χ1) is 9.53. The third-order valence-corrected chi connectivity index (χ3v) is 3.53. The SMILES string of the molecule is CC(C)(C)OC[C@H]1CCCN1c1ccc2nncn2n1. The molecule has 6 heteroatoms. The predicted octanol–water partition coefficient (Wildman–Crippen LogP) is 1.91. The fraction of sp³-hybridized carbons (Fsp3) is 0.643. The summed E-state index contributed by atoms with van der Waals surface area (Å²) in [6.07, 6.45) is 3.97. The number of aromatic nitrogens is 4. The minimum atomic E-state index is -0.0973. The van der Waals surface area contributed by atoms with Crippen LogP contribution >= 0.6 is 0 Å². The van der Waals surface area contributed by atoms with Gasteiger partial charge in [0.05, 0.1) is 18.2 Å². The van der Waals surface area contributed by atoms with Crippen molar-refractivity contribution < 1.29 is 4.74 Å². The van der Waals surface area contributed by atoms with Crippen molar-refractivity contribution in [2.45, 2.75) is 45.3 Å². The van der Waals surface area contributed by atoms with Crippen LogP contribution in [0.1, 0.15) is 33.6 Å². The van der Waals surface area contributed by atoms with Crippen molar-refractivity contribution in [3.63, 3.8) is 0 Å². The zero-order valence-corrected chi connectivity index (χ0v) is 12.3. The average molecular weight is 275 g/mol. The highest BCUT2D eigenvalue weighted by atomic mass is 16.5. The Labute approximate surface area is 118 Å². The van der Waals surface area contributed by atoms with Crippen LogP contribution in [0.25, 0.3) is 5.65 Å². The number of fused-ring (bicyclic) bond motifs is 1. The number of hydrogen-bond acceptors (Lipinski definition) is 5. The van der Waals surface area contributed by atoms with Gasteiger partial charge in [0.15, 0.2) is 5.65 Å². The van der Waals surface area contributed by atoms with Crippen molar-refractivity contribution in [1.29, 1.82) is 0 Å². The molecule has 0 spiro atoms. The summed E-state index contributed by atoms with van der Waals surface area (Å²) >= 11 is 0. The molecule has 2 aromatic rings. The van der Waals surface area contributed by atoms with Crippen molar-refractivity contribution in [3.05, 3.63) is 18.5 Å². The van der Waals surface area contributed by atoms with Crippen molar-refractivity contribution in [1.82, 2.24) is 19.8 Å². The Balaban J connectivity index is 1.77. The van der Waals surface area contributed by atoms with Gasteiger partial charge in [0, 0.05) is 6.54 Å². The van der Waals surface area contributed by atoms with E-state index in [2.05, 4.69) is 41.0 Å². The van der Waals surface area contributed by atoms with E-state index in [4.69, 9.17) is 4.74 Å². The molecular weight excluding hydrogens is 254 g/mol. The molecule has 108 valence electrons. The highest BCUT2D eigenvalue weighted by Gasteiger charge is 2.27. The first kappa shape index (κ1) is 13.3. The van der Waals surface area contributed by atoms with Crippen LogP contribution in [0.15, 0.2) is 18.5 Å². The van der Waals surface area contributed by atoms with Crippen LogP contribution in [-0.2, 0) is 4.74 Å². The second-order valence-corrected chi connectivity index (χ2v) is 6.24. The highest BCUT2D eigenvalue weighted by Crippen LogP contribution is 2.25. The van der Waals surface area contributed by atoms with E-state index < -0.39 is 0 Å². The Morgan fingerprint density at radius 1 is 1.35 bits per heavy atom. The molecule has 1 aliphatic rings. The van der Waals surface area contributed by atoms with Gasteiger partial charge in [0.2, 0.25) is 0 Å². The molecule has 3 rings (SSSR count). The summed E-state index contributed by atoms with van der Waals surface area (Å²) in [4.78, 5) is 2.32. The third-order valence-electron chi connectivity index (χ3n) is 3.53. The van der Waals surface area contributed by atoms with E-state index in [0.717, 1.165) is 31.0 Å². The van der Waals surface area contributed by atoms with Crippen molar-refractivity contribution in [2.24, 2.45) is 0 Å². The summed E-state index contributed by atoms with van der Waals surface area (Å²) in [6.45, 7) is 8.04. The van der Waals surface area contributed by atoms with E-state index in [0.29, 0.717) is 6.04 Å². The van der Waals surface area contributed by atoms with Crippen molar-refractivity contribution in [2.75, 3.05) is 18.1 Å². The highest BCUT2D eigenvalue weighted by molar-refractivity contribution is 5.46. The monoisotopic (exact) mass is 275 g/mol. The van der Waals surface area contributed by atoms with E-state index in [1.165, 1.54) is 6.42 Å². The maximum atomic E-state index is 5.94. The largest absolute Gasteiger partial charge is 0.374 e. The second kappa shape index (κ2) is 5.01. The van der Waals surface area contributed by atoms with Gasteiger partial charge in [-0.05, 0) is 45.7 Å². The van der Waals surface area contributed by atoms with Crippen molar-refractivity contribution >= 4 is 11.5 Å². The van der Waals surface area contributed by atoms with Gasteiger partial charge in [-0.15, -0.1) is 15.3 Å². The maximum absolute atomic E-state index is 5.94. The summed E-state index contributed by atoms with van der Waals surface area (Å²) in [5.74, 6) is 0.970. The Morgan fingerprint density at radius 2 is 2.20 bits per heavy atom. The Kier molecular flexibility index (Phi) is 3.33. The molecule has 0 radical (unpaired) electrons. The summed E-state index contributed by atoms with van der Waals surface area (Å²) in [6, 6.07) is 4.37. The van der Waals surface area contributed by atoms with Gasteiger partial charge in [0.1, 0.15) is 12.1 Å². The molecule has 6 nitrogen and oxygen atoms in total. The molecule has 0 aromatic carbocycles. The van der Waals surface area contributed by atoms with Crippen LogP contribution in [0.2, 0.25) is 0 Å². The summed E-state index contributed by atoms with van der Waals surface area (Å²) < 4.78 is 7.65. The van der Waals surface area contributed by atoms with E-state index in [-0.39, 0.29) is 5.60 Å². The van der Waals surface area contributed by atoms with Crippen LogP contribution < -0.4 is 4.90 Å². The Morgan fingerprint density at radius 3 is 3.00 bits per heavy atom.